The van der Waals surface area contributed by atoms with Crippen molar-refractivity contribution in [3.8, 4) is 0 Å². The highest BCUT2D eigenvalue weighted by Gasteiger charge is 2.16. The topological polar surface area (TPSA) is 82.1 Å². The predicted molar refractivity (Wildman–Crippen MR) is 80.5 cm³/mol. The lowest BCUT2D eigenvalue weighted by molar-refractivity contribution is 0.180. The zero-order valence-electron chi connectivity index (χ0n) is 20.7. The van der Waals surface area contributed by atoms with Crippen LogP contribution in [0.4, 0.5) is 0 Å². The molecule has 0 aliphatic carbocycles. The summed E-state index contributed by atoms with van der Waals surface area (Å²) >= 11 is 0. The molecule has 2 aromatic rings. The molecule has 116 valence electrons. The van der Waals surface area contributed by atoms with Gasteiger partial charge >= 0.3 is 5.69 Å². The van der Waals surface area contributed by atoms with Gasteiger partial charge in [0.15, 0.2) is 11.2 Å². The third-order valence-corrected chi connectivity index (χ3v) is 3.16. The normalized spacial score (nSPS) is 22.7. The second-order valence-corrected chi connectivity index (χ2v) is 4.59. The lowest BCUT2D eigenvalue weighted by Gasteiger charge is -2.09. The van der Waals surface area contributed by atoms with Gasteiger partial charge in [0.25, 0.3) is 5.56 Å². The Morgan fingerprint density at radius 3 is 2.86 bits per heavy atom. The van der Waals surface area contributed by atoms with Crippen molar-refractivity contribution in [2.75, 3.05) is 0 Å². The van der Waals surface area contributed by atoms with E-state index in [1.807, 2.05) is 0 Å². The number of aliphatic hydroxyl groups is 1. The van der Waals surface area contributed by atoms with Crippen LogP contribution < -0.4 is 11.2 Å². The van der Waals surface area contributed by atoms with E-state index in [-0.39, 0.29) is 30.0 Å². The van der Waals surface area contributed by atoms with Gasteiger partial charge in [-0.15, -0.1) is 0 Å². The highest BCUT2D eigenvalue weighted by molar-refractivity contribution is 5.70. The number of aryl methyl sites for hydroxylation is 3. The molecule has 0 spiro atoms. The first-order valence-corrected chi connectivity index (χ1v) is 6.26. The molecular formula is C14H22N4O3. The molecule has 21 heavy (non-hydrogen) atoms. The van der Waals surface area contributed by atoms with Crippen LogP contribution in [0.5, 0.6) is 0 Å². The van der Waals surface area contributed by atoms with Crippen LogP contribution >= 0.6 is 0 Å². The van der Waals surface area contributed by atoms with Crippen LogP contribution in [0, 0.1) is 6.92 Å². The summed E-state index contributed by atoms with van der Waals surface area (Å²) in [5, 5.41) is 9.82. The number of hydrogen-bond acceptors (Lipinski definition) is 4. The van der Waals surface area contributed by atoms with Crippen molar-refractivity contribution >= 4 is 11.2 Å². The van der Waals surface area contributed by atoms with Gasteiger partial charge in [-0.25, -0.2) is 9.78 Å². The van der Waals surface area contributed by atoms with E-state index in [0.717, 1.165) is 9.13 Å². The van der Waals surface area contributed by atoms with Crippen LogP contribution in [0.15, 0.2) is 9.59 Å². The Balaban J connectivity index is 2.47. The molecule has 7 nitrogen and oxygen atoms in total. The fourth-order valence-corrected chi connectivity index (χ4v) is 2.07. The molecule has 0 aromatic carbocycles. The van der Waals surface area contributed by atoms with E-state index < -0.39 is 44.0 Å². The van der Waals surface area contributed by atoms with Crippen LogP contribution in [0.25, 0.3) is 11.2 Å². The Bertz CT molecular complexity index is 1080. The Labute approximate surface area is 135 Å². The molecule has 0 aliphatic heterocycles. The van der Waals surface area contributed by atoms with E-state index >= 15 is 0 Å². The lowest BCUT2D eigenvalue weighted by atomic mass is 10.2. The van der Waals surface area contributed by atoms with Gasteiger partial charge < -0.3 is 9.67 Å². The molecule has 0 saturated carbocycles. The van der Waals surface area contributed by atoms with Crippen LogP contribution in [-0.4, -0.2) is 29.9 Å². The van der Waals surface area contributed by atoms with Gasteiger partial charge in [-0.2, -0.15) is 0 Å². The molecule has 2 rings (SSSR count). The third kappa shape index (κ3) is 2.78. The number of hydrogen-bond donors (Lipinski definition) is 1. The SMILES string of the molecule is [2H]C([2H])([2H])n1c(C)nc2c1c(=O)n(CCCC([2H])([2H])[C@@]([2H])(O)C([2H])([2H])[2H])c(=O)n2C. The zero-order chi connectivity index (χ0) is 23.4. The Morgan fingerprint density at radius 1 is 1.43 bits per heavy atom. The number of fused-ring (bicyclic) bond motifs is 1. The largest absolute Gasteiger partial charge is 0.393 e. The molecule has 2 heterocycles. The van der Waals surface area contributed by atoms with Gasteiger partial charge in [0.2, 0.25) is 0 Å². The van der Waals surface area contributed by atoms with Gasteiger partial charge in [-0.1, -0.05) is 0 Å². The lowest BCUT2D eigenvalue weighted by Crippen LogP contribution is -2.39. The van der Waals surface area contributed by atoms with Gasteiger partial charge in [0.05, 0.1) is 7.45 Å². The molecule has 0 aliphatic rings. The molecule has 1 N–H and O–H groups in total. The first-order chi connectivity index (χ1) is 13.3. The van der Waals surface area contributed by atoms with Gasteiger partial charge in [-0.05, 0) is 33.0 Å². The summed E-state index contributed by atoms with van der Waals surface area (Å²) < 4.78 is 69.7. The molecule has 0 amide bonds. The average Bonchev–Trinajstić information content (AvgIpc) is 2.92. The summed E-state index contributed by atoms with van der Waals surface area (Å²) in [7, 11) is 1.30. The van der Waals surface area contributed by atoms with E-state index in [0.29, 0.717) is 4.57 Å². The van der Waals surface area contributed by atoms with Crippen molar-refractivity contribution in [1.29, 1.82) is 0 Å². The van der Waals surface area contributed by atoms with Crippen LogP contribution in [0.3, 0.4) is 0 Å². The van der Waals surface area contributed by atoms with Gasteiger partial charge in [0, 0.05) is 31.5 Å². The van der Waals surface area contributed by atoms with Crippen molar-refractivity contribution in [2.24, 2.45) is 14.0 Å². The van der Waals surface area contributed by atoms with E-state index in [4.69, 9.17) is 12.3 Å². The van der Waals surface area contributed by atoms with Crippen molar-refractivity contribution in [3.63, 3.8) is 0 Å². The fourth-order valence-electron chi connectivity index (χ4n) is 2.07. The van der Waals surface area contributed by atoms with Crippen molar-refractivity contribution in [2.45, 2.75) is 45.6 Å². The van der Waals surface area contributed by atoms with Crippen molar-refractivity contribution in [3.05, 3.63) is 26.7 Å². The number of aromatic nitrogens is 4. The smallest absolute Gasteiger partial charge is 0.332 e. The summed E-state index contributed by atoms with van der Waals surface area (Å²) in [6, 6.07) is 0. The minimum absolute atomic E-state index is 0.00290. The summed E-state index contributed by atoms with van der Waals surface area (Å²) in [5.74, 6) is 0.00290. The quantitative estimate of drug-likeness (QED) is 0.861. The van der Waals surface area contributed by atoms with E-state index in [1.54, 1.807) is 0 Å². The summed E-state index contributed by atoms with van der Waals surface area (Å²) in [6.07, 6.45) is -7.17. The van der Waals surface area contributed by atoms with Crippen LogP contribution in [0.1, 0.15) is 44.2 Å². The molecule has 1 atom stereocenters. The number of imidazole rings is 1. The Hall–Kier alpha value is -1.89. The minimum atomic E-state index is -3.39. The number of rotatable bonds is 5. The second-order valence-electron chi connectivity index (χ2n) is 4.59. The standard InChI is InChI=1S/C14H22N4O3/c1-9(19)7-5-6-8-18-13(20)11-12(17(4)14(18)21)15-10(2)16(11)3/h9,19H,5-8H2,1-4H3/t9-/m0/s1/i1D3,3D3,7D2,9D. The van der Waals surface area contributed by atoms with Crippen LogP contribution in [0.2, 0.25) is 0 Å². The molecule has 0 radical (unpaired) electrons. The monoisotopic (exact) mass is 303 g/mol. The molecule has 0 saturated heterocycles. The maximum absolute atomic E-state index is 12.9. The maximum Gasteiger partial charge on any atom is 0.332 e. The van der Waals surface area contributed by atoms with E-state index in [2.05, 4.69) is 4.98 Å². The predicted octanol–water partition coefficient (Wildman–Crippen LogP) is 0.293. The molecule has 7 heteroatoms. The fraction of sp³-hybridized carbons (Fsp3) is 0.643. The highest BCUT2D eigenvalue weighted by Crippen LogP contribution is 2.08. The van der Waals surface area contributed by atoms with E-state index in [9.17, 15) is 14.7 Å². The molecule has 0 unspecified atom stereocenters. The molecule has 2 aromatic heterocycles. The average molecular weight is 303 g/mol. The van der Waals surface area contributed by atoms with E-state index in [1.165, 1.54) is 14.0 Å². The second kappa shape index (κ2) is 5.85. The maximum atomic E-state index is 12.9. The summed E-state index contributed by atoms with van der Waals surface area (Å²) in [6.45, 7) is -5.05. The first-order valence-electron chi connectivity index (χ1n) is 10.8. The minimum Gasteiger partial charge on any atom is -0.393 e. The highest BCUT2D eigenvalue weighted by atomic mass is 16.3. The number of nitrogens with zero attached hydrogens (tertiary/aromatic N) is 4. The van der Waals surface area contributed by atoms with Crippen molar-refractivity contribution < 1.29 is 17.4 Å². The van der Waals surface area contributed by atoms with Crippen LogP contribution in [-0.2, 0) is 20.6 Å². The molecular weight excluding hydrogens is 272 g/mol. The zero-order valence-corrected chi connectivity index (χ0v) is 11.7. The third-order valence-electron chi connectivity index (χ3n) is 3.16. The summed E-state index contributed by atoms with van der Waals surface area (Å²) in [5.41, 5.74) is -2.20. The first kappa shape index (κ1) is 7.40. The van der Waals surface area contributed by atoms with Gasteiger partial charge in [0.1, 0.15) is 5.82 Å². The summed E-state index contributed by atoms with van der Waals surface area (Å²) in [4.78, 5) is 29.4. The van der Waals surface area contributed by atoms with Crippen molar-refractivity contribution in [1.82, 2.24) is 18.7 Å². The van der Waals surface area contributed by atoms with Gasteiger partial charge in [-0.3, -0.25) is 13.9 Å². The Morgan fingerprint density at radius 2 is 2.19 bits per heavy atom. The Kier molecular flexibility index (Phi) is 2.06. The molecule has 0 fully saturated rings. The molecule has 0 bridgehead atoms.